The molecule has 0 radical (unpaired) electrons. The maximum absolute atomic E-state index is 5.27. The molecule has 3 rings (SSSR count). The molecular formula is C16H17NO. The predicted octanol–water partition coefficient (Wildman–Crippen LogP) is 3.20. The summed E-state index contributed by atoms with van der Waals surface area (Å²) in [5.74, 6) is 0.931. The molecule has 1 aliphatic rings. The Morgan fingerprint density at radius 1 is 1.11 bits per heavy atom. The maximum Gasteiger partial charge on any atom is 0.119 e. The van der Waals surface area contributed by atoms with Gasteiger partial charge in [0.05, 0.1) is 13.2 Å². The molecule has 2 heteroatoms. The van der Waals surface area contributed by atoms with Gasteiger partial charge in [-0.15, -0.1) is 0 Å². The molecule has 1 N–H and O–H groups in total. The normalized spacial score (nSPS) is 17.6. The third-order valence-corrected chi connectivity index (χ3v) is 3.57. The molecule has 92 valence electrons. The molecule has 0 saturated heterocycles. The van der Waals surface area contributed by atoms with E-state index in [4.69, 9.17) is 4.74 Å². The van der Waals surface area contributed by atoms with Gasteiger partial charge in [0, 0.05) is 6.54 Å². The zero-order valence-corrected chi connectivity index (χ0v) is 10.7. The van der Waals surface area contributed by atoms with E-state index >= 15 is 0 Å². The molecule has 0 fully saturated rings. The van der Waals surface area contributed by atoms with Gasteiger partial charge in [-0.2, -0.15) is 0 Å². The van der Waals surface area contributed by atoms with E-state index in [0.717, 1.165) is 12.3 Å². The zero-order chi connectivity index (χ0) is 12.5. The molecule has 1 unspecified atom stereocenters. The predicted molar refractivity (Wildman–Crippen MR) is 72.9 cm³/mol. The fourth-order valence-electron chi connectivity index (χ4n) is 2.52. The number of benzene rings is 2. The average Bonchev–Trinajstić information content (AvgIpc) is 2.82. The highest BCUT2D eigenvalue weighted by Gasteiger charge is 2.23. The quantitative estimate of drug-likeness (QED) is 0.869. The van der Waals surface area contributed by atoms with Crippen LogP contribution in [0, 0.1) is 6.92 Å². The van der Waals surface area contributed by atoms with Crippen molar-refractivity contribution in [2.24, 2.45) is 0 Å². The lowest BCUT2D eigenvalue weighted by molar-refractivity contribution is 0.414. The lowest BCUT2D eigenvalue weighted by Crippen LogP contribution is -2.13. The number of ether oxygens (including phenoxy) is 1. The summed E-state index contributed by atoms with van der Waals surface area (Å²) in [6.07, 6.45) is 0. The molecule has 1 atom stereocenters. The third-order valence-electron chi connectivity index (χ3n) is 3.57. The van der Waals surface area contributed by atoms with Crippen LogP contribution in [0.2, 0.25) is 0 Å². The summed E-state index contributed by atoms with van der Waals surface area (Å²) < 4.78 is 5.27. The number of fused-ring (bicyclic) bond motifs is 1. The van der Waals surface area contributed by atoms with Gasteiger partial charge in [0.25, 0.3) is 0 Å². The molecule has 0 aliphatic carbocycles. The first-order valence-electron chi connectivity index (χ1n) is 6.24. The highest BCUT2D eigenvalue weighted by Crippen LogP contribution is 2.33. The number of methoxy groups -OCH3 is 1. The Bertz CT molecular complexity index is 560. The smallest absolute Gasteiger partial charge is 0.119 e. The summed E-state index contributed by atoms with van der Waals surface area (Å²) in [5, 5.41) is 3.55. The SMILES string of the molecule is COc1ccc2c(c1)CNC2c1ccc(C)cc1. The second-order valence-electron chi connectivity index (χ2n) is 4.79. The fraction of sp³-hybridized carbons (Fsp3) is 0.250. The summed E-state index contributed by atoms with van der Waals surface area (Å²) in [6, 6.07) is 15.4. The number of rotatable bonds is 2. The Kier molecular flexibility index (Phi) is 2.80. The van der Waals surface area contributed by atoms with Gasteiger partial charge in [0.2, 0.25) is 0 Å². The molecule has 18 heavy (non-hydrogen) atoms. The second kappa shape index (κ2) is 4.46. The van der Waals surface area contributed by atoms with Gasteiger partial charge in [0.15, 0.2) is 0 Å². The van der Waals surface area contributed by atoms with Crippen LogP contribution in [0.4, 0.5) is 0 Å². The van der Waals surface area contributed by atoms with Crippen LogP contribution < -0.4 is 10.1 Å². The van der Waals surface area contributed by atoms with E-state index in [-0.39, 0.29) is 0 Å². The molecule has 2 nitrogen and oxygen atoms in total. The van der Waals surface area contributed by atoms with Crippen molar-refractivity contribution in [3.8, 4) is 5.75 Å². The molecule has 1 heterocycles. The van der Waals surface area contributed by atoms with Gasteiger partial charge in [-0.3, -0.25) is 0 Å². The number of hydrogen-bond acceptors (Lipinski definition) is 2. The van der Waals surface area contributed by atoms with Gasteiger partial charge in [-0.25, -0.2) is 0 Å². The van der Waals surface area contributed by atoms with Crippen LogP contribution in [0.25, 0.3) is 0 Å². The van der Waals surface area contributed by atoms with Gasteiger partial charge >= 0.3 is 0 Å². The van der Waals surface area contributed by atoms with E-state index in [0.29, 0.717) is 6.04 Å². The van der Waals surface area contributed by atoms with Crippen LogP contribution in [0.15, 0.2) is 42.5 Å². The molecule has 1 aliphatic heterocycles. The Balaban J connectivity index is 1.97. The molecule has 0 spiro atoms. The van der Waals surface area contributed by atoms with Crippen molar-refractivity contribution in [3.63, 3.8) is 0 Å². The molecule has 2 aromatic rings. The van der Waals surface area contributed by atoms with Gasteiger partial charge in [0.1, 0.15) is 5.75 Å². The highest BCUT2D eigenvalue weighted by atomic mass is 16.5. The van der Waals surface area contributed by atoms with Crippen molar-refractivity contribution in [2.45, 2.75) is 19.5 Å². The summed E-state index contributed by atoms with van der Waals surface area (Å²) in [7, 11) is 1.71. The van der Waals surface area contributed by atoms with Crippen LogP contribution in [-0.2, 0) is 6.54 Å². The maximum atomic E-state index is 5.27. The summed E-state index contributed by atoms with van der Waals surface area (Å²) in [4.78, 5) is 0. The van der Waals surface area contributed by atoms with Crippen LogP contribution in [-0.4, -0.2) is 7.11 Å². The first-order valence-corrected chi connectivity index (χ1v) is 6.24. The second-order valence-corrected chi connectivity index (χ2v) is 4.79. The molecule has 0 aromatic heterocycles. The topological polar surface area (TPSA) is 21.3 Å². The zero-order valence-electron chi connectivity index (χ0n) is 10.7. The number of hydrogen-bond donors (Lipinski definition) is 1. The van der Waals surface area contributed by atoms with Gasteiger partial charge in [-0.05, 0) is 35.7 Å². The average molecular weight is 239 g/mol. The minimum absolute atomic E-state index is 0.312. The lowest BCUT2D eigenvalue weighted by Gasteiger charge is -2.13. The van der Waals surface area contributed by atoms with Crippen LogP contribution in [0.3, 0.4) is 0 Å². The lowest BCUT2D eigenvalue weighted by atomic mass is 9.98. The van der Waals surface area contributed by atoms with E-state index in [2.05, 4.69) is 48.6 Å². The standard InChI is InChI=1S/C16H17NO/c1-11-3-5-12(6-4-11)16-15-8-7-14(18-2)9-13(15)10-17-16/h3-9,16-17H,10H2,1-2H3. The van der Waals surface area contributed by atoms with Crippen molar-refractivity contribution < 1.29 is 4.74 Å². The van der Waals surface area contributed by atoms with Crippen LogP contribution in [0.1, 0.15) is 28.3 Å². The molecule has 2 aromatic carbocycles. The Labute approximate surface area is 108 Å². The van der Waals surface area contributed by atoms with Crippen LogP contribution >= 0.6 is 0 Å². The first-order chi connectivity index (χ1) is 8.78. The largest absolute Gasteiger partial charge is 0.497 e. The van der Waals surface area contributed by atoms with E-state index in [1.54, 1.807) is 7.11 Å². The van der Waals surface area contributed by atoms with Gasteiger partial charge < -0.3 is 10.1 Å². The molecule has 0 amide bonds. The molecular weight excluding hydrogens is 222 g/mol. The van der Waals surface area contributed by atoms with Crippen molar-refractivity contribution in [3.05, 3.63) is 64.7 Å². The summed E-state index contributed by atoms with van der Waals surface area (Å²) >= 11 is 0. The summed E-state index contributed by atoms with van der Waals surface area (Å²) in [5.41, 5.74) is 5.32. The Hall–Kier alpha value is -1.80. The Morgan fingerprint density at radius 2 is 1.89 bits per heavy atom. The van der Waals surface area contributed by atoms with E-state index in [9.17, 15) is 0 Å². The number of aryl methyl sites for hydroxylation is 1. The first kappa shape index (κ1) is 11.3. The monoisotopic (exact) mass is 239 g/mol. The van der Waals surface area contributed by atoms with E-state index < -0.39 is 0 Å². The third kappa shape index (κ3) is 1.89. The highest BCUT2D eigenvalue weighted by molar-refractivity contribution is 5.45. The van der Waals surface area contributed by atoms with Crippen molar-refractivity contribution in [2.75, 3.05) is 7.11 Å². The molecule has 0 saturated carbocycles. The van der Waals surface area contributed by atoms with Crippen LogP contribution in [0.5, 0.6) is 5.75 Å². The minimum atomic E-state index is 0.312. The fourth-order valence-corrected chi connectivity index (χ4v) is 2.52. The molecule has 0 bridgehead atoms. The van der Waals surface area contributed by atoms with E-state index in [1.165, 1.54) is 22.3 Å². The number of nitrogens with one attached hydrogen (secondary N) is 1. The van der Waals surface area contributed by atoms with E-state index in [1.807, 2.05) is 6.07 Å². The summed E-state index contributed by atoms with van der Waals surface area (Å²) in [6.45, 7) is 3.02. The van der Waals surface area contributed by atoms with Gasteiger partial charge in [-0.1, -0.05) is 35.9 Å². The van der Waals surface area contributed by atoms with Crippen molar-refractivity contribution in [1.29, 1.82) is 0 Å². The van der Waals surface area contributed by atoms with Crippen molar-refractivity contribution >= 4 is 0 Å². The van der Waals surface area contributed by atoms with Crippen molar-refractivity contribution in [1.82, 2.24) is 5.32 Å². The Morgan fingerprint density at radius 3 is 2.61 bits per heavy atom. The minimum Gasteiger partial charge on any atom is -0.497 e.